The Morgan fingerprint density at radius 2 is 1.90 bits per heavy atom. The molecule has 0 aliphatic carbocycles. The SMILES string of the molecule is Cc1ncc(C(C)C)cc1-c1cccc(S(N)(=O)=O)c1. The second-order valence-corrected chi connectivity index (χ2v) is 6.69. The van der Waals surface area contributed by atoms with Crippen molar-refractivity contribution in [3.8, 4) is 11.1 Å². The topological polar surface area (TPSA) is 73.0 Å². The largest absolute Gasteiger partial charge is 0.261 e. The number of primary sulfonamides is 1. The van der Waals surface area contributed by atoms with E-state index < -0.39 is 10.0 Å². The molecule has 0 saturated heterocycles. The van der Waals surface area contributed by atoms with E-state index >= 15 is 0 Å². The van der Waals surface area contributed by atoms with Crippen molar-refractivity contribution in [1.29, 1.82) is 0 Å². The predicted octanol–water partition coefficient (Wildman–Crippen LogP) is 2.83. The lowest BCUT2D eigenvalue weighted by atomic mass is 9.98. The summed E-state index contributed by atoms with van der Waals surface area (Å²) in [4.78, 5) is 4.50. The fourth-order valence-corrected chi connectivity index (χ4v) is 2.56. The number of benzene rings is 1. The van der Waals surface area contributed by atoms with Gasteiger partial charge in [-0.1, -0.05) is 26.0 Å². The third-order valence-corrected chi connectivity index (χ3v) is 4.16. The van der Waals surface area contributed by atoms with Gasteiger partial charge in [-0.2, -0.15) is 0 Å². The molecule has 0 radical (unpaired) electrons. The molecule has 4 nitrogen and oxygen atoms in total. The maximum atomic E-state index is 11.4. The predicted molar refractivity (Wildman–Crippen MR) is 79.9 cm³/mol. The van der Waals surface area contributed by atoms with Crippen molar-refractivity contribution in [2.75, 3.05) is 0 Å². The van der Waals surface area contributed by atoms with Crippen LogP contribution in [0.3, 0.4) is 0 Å². The van der Waals surface area contributed by atoms with E-state index in [4.69, 9.17) is 5.14 Å². The molecule has 1 aromatic carbocycles. The molecule has 0 saturated carbocycles. The molecule has 0 spiro atoms. The zero-order chi connectivity index (χ0) is 14.9. The van der Waals surface area contributed by atoms with E-state index in [-0.39, 0.29) is 4.90 Å². The molecule has 5 heteroatoms. The summed E-state index contributed by atoms with van der Waals surface area (Å²) in [6.07, 6.45) is 1.85. The molecule has 0 atom stereocenters. The molecule has 1 heterocycles. The van der Waals surface area contributed by atoms with Crippen molar-refractivity contribution in [3.63, 3.8) is 0 Å². The van der Waals surface area contributed by atoms with Gasteiger partial charge in [-0.25, -0.2) is 13.6 Å². The van der Waals surface area contributed by atoms with Crippen LogP contribution in [0.15, 0.2) is 41.4 Å². The van der Waals surface area contributed by atoms with Gasteiger partial charge in [-0.15, -0.1) is 0 Å². The van der Waals surface area contributed by atoms with Gasteiger partial charge in [0.05, 0.1) is 4.90 Å². The van der Waals surface area contributed by atoms with Crippen LogP contribution in [-0.4, -0.2) is 13.4 Å². The lowest BCUT2D eigenvalue weighted by Crippen LogP contribution is -2.12. The fourth-order valence-electron chi connectivity index (χ4n) is 2.00. The molecular formula is C15H18N2O2S. The number of aryl methyl sites for hydroxylation is 1. The van der Waals surface area contributed by atoms with Gasteiger partial charge in [0.25, 0.3) is 0 Å². The summed E-state index contributed by atoms with van der Waals surface area (Å²) in [6, 6.07) is 8.69. The minimum Gasteiger partial charge on any atom is -0.261 e. The van der Waals surface area contributed by atoms with Crippen LogP contribution >= 0.6 is 0 Å². The molecular weight excluding hydrogens is 272 g/mol. The maximum Gasteiger partial charge on any atom is 0.238 e. The summed E-state index contributed by atoms with van der Waals surface area (Å²) in [5.74, 6) is 0.364. The highest BCUT2D eigenvalue weighted by atomic mass is 32.2. The van der Waals surface area contributed by atoms with E-state index in [1.54, 1.807) is 12.1 Å². The van der Waals surface area contributed by atoms with Crippen LogP contribution in [0.2, 0.25) is 0 Å². The molecule has 0 aliphatic rings. The monoisotopic (exact) mass is 290 g/mol. The fraction of sp³-hybridized carbons (Fsp3) is 0.267. The molecule has 0 aliphatic heterocycles. The molecule has 0 fully saturated rings. The first-order chi connectivity index (χ1) is 9.29. The molecule has 20 heavy (non-hydrogen) atoms. The Morgan fingerprint density at radius 1 is 1.20 bits per heavy atom. The molecule has 2 aromatic rings. The van der Waals surface area contributed by atoms with E-state index in [2.05, 4.69) is 24.9 Å². The van der Waals surface area contributed by atoms with Crippen molar-refractivity contribution in [1.82, 2.24) is 4.98 Å². The van der Waals surface area contributed by atoms with Gasteiger partial charge in [-0.3, -0.25) is 4.98 Å². The summed E-state index contributed by atoms with van der Waals surface area (Å²) in [5.41, 5.74) is 3.72. The van der Waals surface area contributed by atoms with E-state index in [1.165, 1.54) is 6.07 Å². The van der Waals surface area contributed by atoms with Crippen molar-refractivity contribution in [2.24, 2.45) is 5.14 Å². The van der Waals surface area contributed by atoms with Crippen LogP contribution in [0.1, 0.15) is 31.0 Å². The first-order valence-electron chi connectivity index (χ1n) is 6.39. The number of nitrogens with two attached hydrogens (primary N) is 1. The molecule has 2 rings (SSSR count). The smallest absolute Gasteiger partial charge is 0.238 e. The van der Waals surface area contributed by atoms with E-state index in [0.29, 0.717) is 5.92 Å². The Labute approximate surface area is 119 Å². The van der Waals surface area contributed by atoms with Crippen LogP contribution in [-0.2, 0) is 10.0 Å². The maximum absolute atomic E-state index is 11.4. The molecule has 0 bridgehead atoms. The van der Waals surface area contributed by atoms with Crippen molar-refractivity contribution >= 4 is 10.0 Å². The van der Waals surface area contributed by atoms with Crippen LogP contribution in [0.4, 0.5) is 0 Å². The summed E-state index contributed by atoms with van der Waals surface area (Å²) < 4.78 is 22.9. The Bertz CT molecular complexity index is 737. The Balaban J connectivity index is 2.60. The van der Waals surface area contributed by atoms with Crippen molar-refractivity contribution in [2.45, 2.75) is 31.6 Å². The number of rotatable bonds is 3. The normalized spacial score (nSPS) is 11.8. The Morgan fingerprint density at radius 3 is 2.50 bits per heavy atom. The average molecular weight is 290 g/mol. The summed E-state index contributed by atoms with van der Waals surface area (Å²) in [5, 5.41) is 5.18. The molecule has 2 N–H and O–H groups in total. The zero-order valence-corrected chi connectivity index (χ0v) is 12.6. The second-order valence-electron chi connectivity index (χ2n) is 5.13. The van der Waals surface area contributed by atoms with Gasteiger partial charge in [0.1, 0.15) is 0 Å². The van der Waals surface area contributed by atoms with Crippen LogP contribution < -0.4 is 5.14 Å². The van der Waals surface area contributed by atoms with Crippen LogP contribution in [0.25, 0.3) is 11.1 Å². The highest BCUT2D eigenvalue weighted by Crippen LogP contribution is 2.27. The third-order valence-electron chi connectivity index (χ3n) is 3.25. The van der Waals surface area contributed by atoms with Crippen LogP contribution in [0.5, 0.6) is 0 Å². The number of pyridine rings is 1. The van der Waals surface area contributed by atoms with Gasteiger partial charge in [0.15, 0.2) is 0 Å². The third kappa shape index (κ3) is 3.05. The van der Waals surface area contributed by atoms with Crippen molar-refractivity contribution < 1.29 is 8.42 Å². The number of hydrogen-bond acceptors (Lipinski definition) is 3. The summed E-state index contributed by atoms with van der Waals surface area (Å²) in [6.45, 7) is 6.09. The Hall–Kier alpha value is -1.72. The van der Waals surface area contributed by atoms with Gasteiger partial charge in [-0.05, 0) is 42.2 Å². The second kappa shape index (κ2) is 5.34. The summed E-state index contributed by atoms with van der Waals surface area (Å²) in [7, 11) is -3.69. The zero-order valence-electron chi connectivity index (χ0n) is 11.8. The van der Waals surface area contributed by atoms with Gasteiger partial charge < -0.3 is 0 Å². The van der Waals surface area contributed by atoms with E-state index in [9.17, 15) is 8.42 Å². The number of sulfonamides is 1. The molecule has 1 aromatic heterocycles. The van der Waals surface area contributed by atoms with Gasteiger partial charge >= 0.3 is 0 Å². The molecule has 106 valence electrons. The van der Waals surface area contributed by atoms with Gasteiger partial charge in [0.2, 0.25) is 10.0 Å². The van der Waals surface area contributed by atoms with E-state index in [0.717, 1.165) is 22.4 Å². The first kappa shape index (κ1) is 14.7. The summed E-state index contributed by atoms with van der Waals surface area (Å²) >= 11 is 0. The minimum absolute atomic E-state index is 0.115. The Kier molecular flexibility index (Phi) is 3.92. The highest BCUT2D eigenvalue weighted by Gasteiger charge is 2.11. The number of hydrogen-bond donors (Lipinski definition) is 1. The minimum atomic E-state index is -3.69. The lowest BCUT2D eigenvalue weighted by molar-refractivity contribution is 0.598. The standard InChI is InChI=1S/C15H18N2O2S/c1-10(2)13-8-15(11(3)17-9-13)12-5-4-6-14(7-12)20(16,18)19/h4-10H,1-3H3,(H2,16,18,19). The highest BCUT2D eigenvalue weighted by molar-refractivity contribution is 7.89. The van der Waals surface area contributed by atoms with E-state index in [1.807, 2.05) is 19.2 Å². The first-order valence-corrected chi connectivity index (χ1v) is 7.93. The number of aromatic nitrogens is 1. The quantitative estimate of drug-likeness (QED) is 0.944. The van der Waals surface area contributed by atoms with Crippen molar-refractivity contribution in [3.05, 3.63) is 47.8 Å². The average Bonchev–Trinajstić information content (AvgIpc) is 2.38. The lowest BCUT2D eigenvalue weighted by Gasteiger charge is -2.11. The molecule has 0 amide bonds. The van der Waals surface area contributed by atoms with Crippen LogP contribution in [0, 0.1) is 6.92 Å². The molecule has 0 unspecified atom stereocenters. The van der Waals surface area contributed by atoms with Gasteiger partial charge in [0, 0.05) is 17.5 Å². The number of nitrogens with zero attached hydrogens (tertiary/aromatic N) is 1.